The van der Waals surface area contributed by atoms with Crippen LogP contribution < -0.4 is 4.90 Å². The Morgan fingerprint density at radius 3 is 2.81 bits per heavy atom. The molecule has 0 amide bonds. The van der Waals surface area contributed by atoms with Crippen molar-refractivity contribution < 1.29 is 4.90 Å². The molecule has 0 saturated heterocycles. The van der Waals surface area contributed by atoms with Crippen LogP contribution in [0.4, 0.5) is 0 Å². The van der Waals surface area contributed by atoms with E-state index in [9.17, 15) is 0 Å². The van der Waals surface area contributed by atoms with Gasteiger partial charge in [-0.15, -0.1) is 22.7 Å². The second kappa shape index (κ2) is 7.40. The first-order chi connectivity index (χ1) is 12.6. The number of nitrogens with zero attached hydrogens (tertiary/aromatic N) is 4. The molecular weight excluding hydrogens is 382 g/mol. The Morgan fingerprint density at radius 2 is 2.04 bits per heavy atom. The molecule has 0 saturated carbocycles. The number of thiophene rings is 1. The van der Waals surface area contributed by atoms with Gasteiger partial charge in [0, 0.05) is 18.3 Å². The van der Waals surface area contributed by atoms with E-state index in [-0.39, 0.29) is 0 Å². The van der Waals surface area contributed by atoms with Gasteiger partial charge in [0.25, 0.3) is 0 Å². The topological polar surface area (TPSA) is 40.1 Å². The zero-order valence-electron chi connectivity index (χ0n) is 14.7. The largest absolute Gasteiger partial charge is 0.313 e. The Balaban J connectivity index is 1.48. The Morgan fingerprint density at radius 1 is 1.19 bits per heavy atom. The van der Waals surface area contributed by atoms with Crippen LogP contribution in [-0.2, 0) is 26.7 Å². The van der Waals surface area contributed by atoms with Crippen molar-refractivity contribution in [3.05, 3.63) is 62.3 Å². The predicted octanol–water partition coefficient (Wildman–Crippen LogP) is 2.89. The SMILES string of the molecule is Cn1c(Cc2cccs2)nn(C[NH+](C)Cc2nc3ccccc3s2)c1=S. The molecule has 0 bridgehead atoms. The van der Waals surface area contributed by atoms with E-state index in [0.29, 0.717) is 0 Å². The molecule has 3 heterocycles. The van der Waals surface area contributed by atoms with Crippen LogP contribution in [0.5, 0.6) is 0 Å². The second-order valence-corrected chi connectivity index (χ2v) is 8.89. The number of hydrogen-bond acceptors (Lipinski definition) is 5. The Kier molecular flexibility index (Phi) is 4.99. The molecule has 8 heteroatoms. The van der Waals surface area contributed by atoms with Gasteiger partial charge in [-0.25, -0.2) is 4.98 Å². The van der Waals surface area contributed by atoms with Crippen LogP contribution in [0, 0.1) is 4.77 Å². The molecule has 134 valence electrons. The average molecular weight is 403 g/mol. The molecule has 1 unspecified atom stereocenters. The standard InChI is InChI=1S/C18H19N5S3/c1-21(11-17-19-14-7-3-4-8-15(14)26-17)12-23-18(24)22(2)16(20-23)10-13-6-5-9-25-13/h3-9H,10-12H2,1-2H3/p+1. The summed E-state index contributed by atoms with van der Waals surface area (Å²) in [6.45, 7) is 1.59. The maximum atomic E-state index is 5.59. The molecule has 3 aromatic heterocycles. The zero-order chi connectivity index (χ0) is 18.1. The van der Waals surface area contributed by atoms with E-state index >= 15 is 0 Å². The van der Waals surface area contributed by atoms with Gasteiger partial charge in [-0.05, 0) is 35.8 Å². The minimum absolute atomic E-state index is 0.729. The summed E-state index contributed by atoms with van der Waals surface area (Å²) in [4.78, 5) is 7.34. The summed E-state index contributed by atoms with van der Waals surface area (Å²) in [6, 6.07) is 12.5. The molecule has 4 rings (SSSR count). The smallest absolute Gasteiger partial charge is 0.202 e. The third-order valence-corrected chi connectivity index (χ3v) is 6.65. The summed E-state index contributed by atoms with van der Waals surface area (Å²) in [7, 11) is 4.15. The zero-order valence-corrected chi connectivity index (χ0v) is 17.1. The number of quaternary nitrogens is 1. The molecule has 1 N–H and O–H groups in total. The van der Waals surface area contributed by atoms with Crippen LogP contribution >= 0.6 is 34.9 Å². The van der Waals surface area contributed by atoms with Crippen LogP contribution in [0.1, 0.15) is 15.7 Å². The maximum Gasteiger partial charge on any atom is 0.202 e. The second-order valence-electron chi connectivity index (χ2n) is 6.38. The van der Waals surface area contributed by atoms with E-state index in [1.807, 2.05) is 22.4 Å². The van der Waals surface area contributed by atoms with Gasteiger partial charge in [0.05, 0.1) is 17.3 Å². The molecule has 0 aliphatic carbocycles. The average Bonchev–Trinajstić information content (AvgIpc) is 3.32. The van der Waals surface area contributed by atoms with Crippen molar-refractivity contribution in [1.29, 1.82) is 0 Å². The van der Waals surface area contributed by atoms with Gasteiger partial charge in [0.1, 0.15) is 17.4 Å². The van der Waals surface area contributed by atoms with E-state index in [2.05, 4.69) is 42.8 Å². The molecule has 0 spiro atoms. The highest BCUT2D eigenvalue weighted by molar-refractivity contribution is 7.71. The van der Waals surface area contributed by atoms with E-state index < -0.39 is 0 Å². The van der Waals surface area contributed by atoms with E-state index in [1.165, 1.54) is 14.5 Å². The lowest BCUT2D eigenvalue weighted by atomic mass is 10.3. The van der Waals surface area contributed by atoms with Crippen LogP contribution in [-0.4, -0.2) is 26.4 Å². The van der Waals surface area contributed by atoms with Crippen molar-refractivity contribution in [2.45, 2.75) is 19.6 Å². The summed E-state index contributed by atoms with van der Waals surface area (Å²) in [6.07, 6.45) is 0.821. The Bertz CT molecular complexity index is 1040. The maximum absolute atomic E-state index is 5.59. The highest BCUT2D eigenvalue weighted by atomic mass is 32.1. The highest BCUT2D eigenvalue weighted by Gasteiger charge is 2.14. The lowest BCUT2D eigenvalue weighted by molar-refractivity contribution is -0.917. The van der Waals surface area contributed by atoms with Gasteiger partial charge in [-0.2, -0.15) is 9.78 Å². The lowest BCUT2D eigenvalue weighted by Gasteiger charge is -2.11. The van der Waals surface area contributed by atoms with Gasteiger partial charge in [-0.1, -0.05) is 18.2 Å². The predicted molar refractivity (Wildman–Crippen MR) is 109 cm³/mol. The van der Waals surface area contributed by atoms with Crippen LogP contribution in [0.15, 0.2) is 41.8 Å². The molecule has 0 radical (unpaired) electrons. The number of thiazole rings is 1. The Labute approximate surface area is 165 Å². The molecular formula is C18H20N5S3+. The van der Waals surface area contributed by atoms with E-state index in [1.54, 1.807) is 22.7 Å². The van der Waals surface area contributed by atoms with Crippen molar-refractivity contribution >= 4 is 45.1 Å². The van der Waals surface area contributed by atoms with Crippen LogP contribution in [0.3, 0.4) is 0 Å². The number of benzene rings is 1. The number of nitrogens with one attached hydrogen (secondary N) is 1. The summed E-state index contributed by atoms with van der Waals surface area (Å²) >= 11 is 9.10. The molecule has 0 fully saturated rings. The van der Waals surface area contributed by atoms with Crippen molar-refractivity contribution in [1.82, 2.24) is 19.3 Å². The van der Waals surface area contributed by atoms with Crippen molar-refractivity contribution in [2.75, 3.05) is 7.05 Å². The van der Waals surface area contributed by atoms with Crippen LogP contribution in [0.25, 0.3) is 10.2 Å². The summed E-state index contributed by atoms with van der Waals surface area (Å²) in [5.74, 6) is 1.00. The normalized spacial score (nSPS) is 12.7. The van der Waals surface area contributed by atoms with Crippen molar-refractivity contribution in [3.8, 4) is 0 Å². The lowest BCUT2D eigenvalue weighted by Crippen LogP contribution is -3.07. The first kappa shape index (κ1) is 17.5. The molecule has 4 aromatic rings. The van der Waals surface area contributed by atoms with Gasteiger partial charge < -0.3 is 9.47 Å². The number of aromatic nitrogens is 4. The highest BCUT2D eigenvalue weighted by Crippen LogP contribution is 2.20. The summed E-state index contributed by atoms with van der Waals surface area (Å²) < 4.78 is 5.95. The van der Waals surface area contributed by atoms with Crippen molar-refractivity contribution in [2.24, 2.45) is 7.05 Å². The van der Waals surface area contributed by atoms with Gasteiger partial charge in [-0.3, -0.25) is 0 Å². The first-order valence-corrected chi connectivity index (χ1v) is 10.5. The van der Waals surface area contributed by atoms with E-state index in [0.717, 1.165) is 40.8 Å². The monoisotopic (exact) mass is 402 g/mol. The third kappa shape index (κ3) is 3.64. The van der Waals surface area contributed by atoms with E-state index in [4.69, 9.17) is 22.3 Å². The van der Waals surface area contributed by atoms with Crippen molar-refractivity contribution in [3.63, 3.8) is 0 Å². The van der Waals surface area contributed by atoms with Crippen LogP contribution in [0.2, 0.25) is 0 Å². The fourth-order valence-electron chi connectivity index (χ4n) is 2.92. The minimum Gasteiger partial charge on any atom is -0.313 e. The van der Waals surface area contributed by atoms with Gasteiger partial charge >= 0.3 is 0 Å². The molecule has 0 aliphatic heterocycles. The van der Waals surface area contributed by atoms with Gasteiger partial charge in [0.2, 0.25) is 4.77 Å². The molecule has 1 atom stereocenters. The third-order valence-electron chi connectivity index (χ3n) is 4.25. The summed E-state index contributed by atoms with van der Waals surface area (Å²) in [5.41, 5.74) is 1.08. The summed E-state index contributed by atoms with van der Waals surface area (Å²) in [5, 5.41) is 7.99. The number of rotatable bonds is 6. The van der Waals surface area contributed by atoms with Gasteiger partial charge in [0.15, 0.2) is 6.67 Å². The molecule has 5 nitrogen and oxygen atoms in total. The number of hydrogen-bond donors (Lipinski definition) is 1. The molecule has 26 heavy (non-hydrogen) atoms. The minimum atomic E-state index is 0.729. The Hall–Kier alpha value is -1.87. The number of fused-ring (bicyclic) bond motifs is 1. The first-order valence-electron chi connectivity index (χ1n) is 8.41. The fourth-order valence-corrected chi connectivity index (χ4v) is 4.92. The fraction of sp³-hybridized carbons (Fsp3) is 0.278. The molecule has 1 aromatic carbocycles. The quantitative estimate of drug-likeness (QED) is 0.504. The number of para-hydroxylation sites is 1. The molecule has 0 aliphatic rings.